The maximum absolute atomic E-state index is 12.4. The minimum absolute atomic E-state index is 0.0190. The number of aromatic nitrogens is 2. The van der Waals surface area contributed by atoms with Gasteiger partial charge in [0.05, 0.1) is 23.1 Å². The Morgan fingerprint density at radius 3 is 3.11 bits per heavy atom. The normalized spacial score (nSPS) is 17.3. The summed E-state index contributed by atoms with van der Waals surface area (Å²) in [6, 6.07) is 6.43. The van der Waals surface area contributed by atoms with Crippen LogP contribution in [0.5, 0.6) is 0 Å². The lowest BCUT2D eigenvalue weighted by Gasteiger charge is -2.22. The third kappa shape index (κ3) is 4.43. The molecule has 1 amide bonds. The van der Waals surface area contributed by atoms with Crippen molar-refractivity contribution in [3.8, 4) is 0 Å². The van der Waals surface area contributed by atoms with E-state index in [-0.39, 0.29) is 5.91 Å². The number of carbonyl (C=O) groups is 1. The predicted molar refractivity (Wildman–Crippen MR) is 103 cm³/mol. The number of hydrogen-bond acceptors (Lipinski definition) is 6. The Hall–Kier alpha value is -2.51. The molecule has 3 aromatic heterocycles. The highest BCUT2D eigenvalue weighted by molar-refractivity contribution is 7.14. The molecule has 1 aliphatic heterocycles. The van der Waals surface area contributed by atoms with Gasteiger partial charge in [-0.05, 0) is 37.6 Å². The number of thiophene rings is 1. The number of rotatable bonds is 7. The summed E-state index contributed by atoms with van der Waals surface area (Å²) < 4.78 is 5.19. The molecule has 0 aliphatic carbocycles. The molecule has 0 bridgehead atoms. The molecule has 0 radical (unpaired) electrons. The fraction of sp³-hybridized carbons (Fsp3) is 0.350. The summed E-state index contributed by atoms with van der Waals surface area (Å²) in [5.74, 6) is -0.0190. The second-order valence-corrected chi connectivity index (χ2v) is 7.78. The van der Waals surface area contributed by atoms with Crippen LogP contribution in [0.2, 0.25) is 0 Å². The number of nitrogens with zero attached hydrogens (tertiary/aromatic N) is 3. The lowest BCUT2D eigenvalue weighted by Crippen LogP contribution is -2.25. The van der Waals surface area contributed by atoms with E-state index < -0.39 is 0 Å². The van der Waals surface area contributed by atoms with Crippen molar-refractivity contribution in [2.75, 3.05) is 13.1 Å². The van der Waals surface area contributed by atoms with Crippen molar-refractivity contribution in [3.05, 3.63) is 70.3 Å². The topological polar surface area (TPSA) is 71.3 Å². The first-order valence-corrected chi connectivity index (χ1v) is 9.99. The van der Waals surface area contributed by atoms with Crippen LogP contribution in [-0.4, -0.2) is 33.9 Å². The van der Waals surface area contributed by atoms with E-state index >= 15 is 0 Å². The van der Waals surface area contributed by atoms with Gasteiger partial charge in [-0.1, -0.05) is 0 Å². The Morgan fingerprint density at radius 1 is 1.33 bits per heavy atom. The number of amides is 1. The van der Waals surface area contributed by atoms with Gasteiger partial charge in [0.2, 0.25) is 0 Å². The standard InChI is InChI=1S/C20H22N4O2S/c25-20(23-7-5-16-12-21-8-9-22-16)19-4-3-18(27-19)17-2-1-10-24(17)13-15-6-11-26-14-15/h3-4,6,8-9,11-12,14,17H,1-2,5,7,10,13H2,(H,23,25). The first kappa shape index (κ1) is 17.9. The second-order valence-electron chi connectivity index (χ2n) is 6.66. The Bertz CT molecular complexity index is 863. The third-order valence-electron chi connectivity index (χ3n) is 4.79. The predicted octanol–water partition coefficient (Wildman–Crippen LogP) is 3.44. The van der Waals surface area contributed by atoms with Crippen LogP contribution in [0.15, 0.2) is 53.7 Å². The molecule has 1 atom stereocenters. The summed E-state index contributed by atoms with van der Waals surface area (Å²) in [5, 5.41) is 2.98. The number of hydrogen-bond donors (Lipinski definition) is 1. The van der Waals surface area contributed by atoms with E-state index in [4.69, 9.17) is 4.42 Å². The molecule has 7 heteroatoms. The lowest BCUT2D eigenvalue weighted by atomic mass is 10.2. The number of nitrogens with one attached hydrogen (secondary N) is 1. The molecule has 0 aromatic carbocycles. The van der Waals surface area contributed by atoms with Crippen LogP contribution in [0.25, 0.3) is 0 Å². The monoisotopic (exact) mass is 382 g/mol. The molecule has 1 saturated heterocycles. The summed E-state index contributed by atoms with van der Waals surface area (Å²) in [6.45, 7) is 2.52. The van der Waals surface area contributed by atoms with Gasteiger partial charge in [0.1, 0.15) is 0 Å². The maximum Gasteiger partial charge on any atom is 0.261 e. The van der Waals surface area contributed by atoms with Crippen molar-refractivity contribution in [1.82, 2.24) is 20.2 Å². The summed E-state index contributed by atoms with van der Waals surface area (Å²) in [4.78, 5) is 25.2. The zero-order chi connectivity index (χ0) is 18.5. The molecule has 1 N–H and O–H groups in total. The number of carbonyl (C=O) groups excluding carboxylic acids is 1. The van der Waals surface area contributed by atoms with E-state index in [1.807, 2.05) is 12.1 Å². The number of likely N-dealkylation sites (tertiary alicyclic amines) is 1. The van der Waals surface area contributed by atoms with Crippen molar-refractivity contribution in [1.29, 1.82) is 0 Å². The van der Waals surface area contributed by atoms with E-state index in [0.717, 1.165) is 30.1 Å². The molecule has 0 saturated carbocycles. The van der Waals surface area contributed by atoms with Gasteiger partial charge in [0.15, 0.2) is 0 Å². The highest BCUT2D eigenvalue weighted by atomic mass is 32.1. The SMILES string of the molecule is O=C(NCCc1cnccn1)c1ccc(C2CCCN2Cc2ccoc2)s1. The van der Waals surface area contributed by atoms with E-state index in [0.29, 0.717) is 19.0 Å². The molecular weight excluding hydrogens is 360 g/mol. The van der Waals surface area contributed by atoms with Gasteiger partial charge in [-0.3, -0.25) is 19.7 Å². The Morgan fingerprint density at radius 2 is 2.30 bits per heavy atom. The first-order valence-electron chi connectivity index (χ1n) is 9.17. The van der Waals surface area contributed by atoms with Crippen molar-refractivity contribution >= 4 is 17.2 Å². The minimum atomic E-state index is -0.0190. The molecule has 3 aromatic rings. The summed E-state index contributed by atoms with van der Waals surface area (Å²) in [6.07, 6.45) is 11.6. The molecule has 27 heavy (non-hydrogen) atoms. The number of furan rings is 1. The van der Waals surface area contributed by atoms with Gasteiger partial charge in [0, 0.05) is 54.6 Å². The van der Waals surface area contributed by atoms with Crippen LogP contribution in [0.1, 0.15) is 44.7 Å². The van der Waals surface area contributed by atoms with E-state index in [2.05, 4.69) is 26.3 Å². The molecule has 1 unspecified atom stereocenters. The van der Waals surface area contributed by atoms with Gasteiger partial charge < -0.3 is 9.73 Å². The Balaban J connectivity index is 1.34. The van der Waals surface area contributed by atoms with Gasteiger partial charge in [-0.15, -0.1) is 11.3 Å². The van der Waals surface area contributed by atoms with Crippen molar-refractivity contribution in [2.24, 2.45) is 0 Å². The zero-order valence-corrected chi connectivity index (χ0v) is 15.8. The van der Waals surface area contributed by atoms with Crippen LogP contribution in [0.3, 0.4) is 0 Å². The van der Waals surface area contributed by atoms with Crippen LogP contribution >= 0.6 is 11.3 Å². The summed E-state index contributed by atoms with van der Waals surface area (Å²) in [5.41, 5.74) is 2.07. The van der Waals surface area contributed by atoms with E-state index in [9.17, 15) is 4.79 Å². The van der Waals surface area contributed by atoms with E-state index in [1.54, 1.807) is 42.5 Å². The zero-order valence-electron chi connectivity index (χ0n) is 15.0. The van der Waals surface area contributed by atoms with E-state index in [1.165, 1.54) is 16.9 Å². The molecule has 140 valence electrons. The largest absolute Gasteiger partial charge is 0.472 e. The highest BCUT2D eigenvalue weighted by Crippen LogP contribution is 2.36. The molecule has 0 spiro atoms. The van der Waals surface area contributed by atoms with Gasteiger partial charge in [-0.2, -0.15) is 0 Å². The quantitative estimate of drug-likeness (QED) is 0.678. The molecule has 1 fully saturated rings. The first-order chi connectivity index (χ1) is 13.3. The molecule has 6 nitrogen and oxygen atoms in total. The van der Waals surface area contributed by atoms with Crippen molar-refractivity contribution < 1.29 is 9.21 Å². The van der Waals surface area contributed by atoms with Crippen molar-refractivity contribution in [3.63, 3.8) is 0 Å². The Labute approximate surface area is 162 Å². The van der Waals surface area contributed by atoms with Gasteiger partial charge in [-0.25, -0.2) is 0 Å². The molecular formula is C20H22N4O2S. The summed E-state index contributed by atoms with van der Waals surface area (Å²) in [7, 11) is 0. The van der Waals surface area contributed by atoms with Crippen molar-refractivity contribution in [2.45, 2.75) is 31.8 Å². The van der Waals surface area contributed by atoms with Gasteiger partial charge in [0.25, 0.3) is 5.91 Å². The van der Waals surface area contributed by atoms with Crippen LogP contribution < -0.4 is 5.32 Å². The average Bonchev–Trinajstić information content (AvgIpc) is 3.44. The van der Waals surface area contributed by atoms with Gasteiger partial charge >= 0.3 is 0 Å². The molecule has 4 heterocycles. The van der Waals surface area contributed by atoms with Crippen LogP contribution in [-0.2, 0) is 13.0 Å². The van der Waals surface area contributed by atoms with Crippen LogP contribution in [0.4, 0.5) is 0 Å². The third-order valence-corrected chi connectivity index (χ3v) is 5.98. The molecule has 4 rings (SSSR count). The lowest BCUT2D eigenvalue weighted by molar-refractivity contribution is 0.0958. The summed E-state index contributed by atoms with van der Waals surface area (Å²) >= 11 is 1.60. The minimum Gasteiger partial charge on any atom is -0.472 e. The second kappa shape index (κ2) is 8.45. The maximum atomic E-state index is 12.4. The fourth-order valence-corrected chi connectivity index (χ4v) is 4.55. The van der Waals surface area contributed by atoms with Crippen LogP contribution in [0, 0.1) is 0 Å². The fourth-order valence-electron chi connectivity index (χ4n) is 3.46. The Kier molecular flexibility index (Phi) is 5.60. The molecule has 1 aliphatic rings. The highest BCUT2D eigenvalue weighted by Gasteiger charge is 2.28. The average molecular weight is 382 g/mol. The smallest absolute Gasteiger partial charge is 0.261 e.